The number of amides is 1. The Labute approximate surface area is 180 Å². The van der Waals surface area contributed by atoms with Gasteiger partial charge in [-0.25, -0.2) is 4.79 Å². The number of carbonyl (C=O) groups excluding carboxylic acids is 1. The van der Waals surface area contributed by atoms with Gasteiger partial charge in [0.2, 0.25) is 0 Å². The number of aliphatic carboxylic acids is 1. The number of phenolic OH excluding ortho intramolecular Hbond substituents is 1. The van der Waals surface area contributed by atoms with Gasteiger partial charge in [0.05, 0.1) is 6.42 Å². The summed E-state index contributed by atoms with van der Waals surface area (Å²) in [5.74, 6) is -1.46. The Bertz CT molecular complexity index is 1060. The second-order valence-corrected chi connectivity index (χ2v) is 7.60. The van der Waals surface area contributed by atoms with E-state index in [4.69, 9.17) is 4.74 Å². The summed E-state index contributed by atoms with van der Waals surface area (Å²) in [4.78, 5) is 23.6. The first-order valence-corrected chi connectivity index (χ1v) is 10.1. The third-order valence-corrected chi connectivity index (χ3v) is 5.60. The number of ether oxygens (including phenoxy) is 1. The summed E-state index contributed by atoms with van der Waals surface area (Å²) in [5.41, 5.74) is 5.19. The molecule has 0 saturated carbocycles. The van der Waals surface area contributed by atoms with Crippen molar-refractivity contribution in [3.05, 3.63) is 89.5 Å². The number of benzene rings is 3. The average Bonchev–Trinajstić information content (AvgIpc) is 3.09. The molecule has 0 saturated heterocycles. The molecule has 1 unspecified atom stereocenters. The standard InChI is InChI=1S/C25H23NO5/c27-18-7-5-6-16(12-18)17(13-24(28)29)14-26-25(30)31-15-23-21-10-3-1-8-19(21)20-9-2-4-11-22(20)23/h1-12,17,23,27H,13-15H2,(H,26,30)(H,28,29). The first-order chi connectivity index (χ1) is 15.0. The van der Waals surface area contributed by atoms with Crippen LogP contribution in [-0.4, -0.2) is 35.4 Å². The van der Waals surface area contributed by atoms with Gasteiger partial charge >= 0.3 is 12.1 Å². The number of carboxylic acid groups (broad SMARTS) is 1. The topological polar surface area (TPSA) is 95.9 Å². The Morgan fingerprint density at radius 2 is 1.58 bits per heavy atom. The molecule has 0 fully saturated rings. The van der Waals surface area contributed by atoms with E-state index in [0.29, 0.717) is 5.56 Å². The summed E-state index contributed by atoms with van der Waals surface area (Å²) in [6, 6.07) is 22.6. The van der Waals surface area contributed by atoms with E-state index < -0.39 is 18.0 Å². The van der Waals surface area contributed by atoms with Crippen molar-refractivity contribution in [2.45, 2.75) is 18.3 Å². The number of carboxylic acids is 1. The molecule has 6 nitrogen and oxygen atoms in total. The van der Waals surface area contributed by atoms with Gasteiger partial charge < -0.3 is 20.3 Å². The van der Waals surface area contributed by atoms with E-state index in [1.54, 1.807) is 12.1 Å². The van der Waals surface area contributed by atoms with Gasteiger partial charge in [-0.1, -0.05) is 60.7 Å². The SMILES string of the molecule is O=C(O)CC(CNC(=O)OCC1c2ccccc2-c2ccccc21)c1cccc(O)c1. The maximum Gasteiger partial charge on any atom is 0.407 e. The molecule has 0 aliphatic heterocycles. The molecule has 158 valence electrons. The summed E-state index contributed by atoms with van der Waals surface area (Å²) in [5, 5.41) is 21.6. The first-order valence-electron chi connectivity index (χ1n) is 10.1. The maximum atomic E-state index is 12.4. The minimum atomic E-state index is -0.984. The third-order valence-electron chi connectivity index (χ3n) is 5.60. The van der Waals surface area contributed by atoms with Gasteiger partial charge in [0.15, 0.2) is 0 Å². The molecule has 0 aromatic heterocycles. The van der Waals surface area contributed by atoms with Crippen molar-refractivity contribution >= 4 is 12.1 Å². The molecular weight excluding hydrogens is 394 g/mol. The highest BCUT2D eigenvalue weighted by molar-refractivity contribution is 5.79. The average molecular weight is 417 g/mol. The number of aromatic hydroxyl groups is 1. The highest BCUT2D eigenvalue weighted by Gasteiger charge is 2.29. The van der Waals surface area contributed by atoms with Gasteiger partial charge in [0.25, 0.3) is 0 Å². The fourth-order valence-corrected chi connectivity index (χ4v) is 4.15. The first kappa shape index (κ1) is 20.5. The van der Waals surface area contributed by atoms with Crippen LogP contribution in [0.2, 0.25) is 0 Å². The number of nitrogens with one attached hydrogen (secondary N) is 1. The second-order valence-electron chi connectivity index (χ2n) is 7.60. The lowest BCUT2D eigenvalue weighted by Gasteiger charge is -2.18. The molecule has 1 aliphatic rings. The molecule has 6 heteroatoms. The molecule has 3 aromatic carbocycles. The van der Waals surface area contributed by atoms with Crippen molar-refractivity contribution in [3.63, 3.8) is 0 Å². The maximum absolute atomic E-state index is 12.4. The number of alkyl carbamates (subject to hydrolysis) is 1. The molecule has 3 N–H and O–H groups in total. The quantitative estimate of drug-likeness (QED) is 0.526. The molecule has 31 heavy (non-hydrogen) atoms. The molecule has 0 radical (unpaired) electrons. The van der Waals surface area contributed by atoms with Crippen LogP contribution in [0.25, 0.3) is 11.1 Å². The van der Waals surface area contributed by atoms with Crippen molar-refractivity contribution in [2.75, 3.05) is 13.2 Å². The van der Waals surface area contributed by atoms with E-state index in [1.807, 2.05) is 36.4 Å². The molecule has 0 spiro atoms. The summed E-state index contributed by atoms with van der Waals surface area (Å²) < 4.78 is 5.51. The zero-order chi connectivity index (χ0) is 21.8. The summed E-state index contributed by atoms with van der Waals surface area (Å²) in [6.07, 6.45) is -0.773. The molecule has 3 aromatic rings. The Morgan fingerprint density at radius 1 is 0.935 bits per heavy atom. The lowest BCUT2D eigenvalue weighted by molar-refractivity contribution is -0.137. The predicted molar refractivity (Wildman–Crippen MR) is 116 cm³/mol. The van der Waals surface area contributed by atoms with Gasteiger partial charge in [0, 0.05) is 18.4 Å². The van der Waals surface area contributed by atoms with Crippen molar-refractivity contribution in [2.24, 2.45) is 0 Å². The van der Waals surface area contributed by atoms with Gasteiger partial charge in [0.1, 0.15) is 12.4 Å². The van der Waals surface area contributed by atoms with Crippen LogP contribution in [0.1, 0.15) is 34.9 Å². The minimum absolute atomic E-state index is 0.0426. The van der Waals surface area contributed by atoms with E-state index in [0.717, 1.165) is 22.3 Å². The van der Waals surface area contributed by atoms with Gasteiger partial charge in [-0.2, -0.15) is 0 Å². The highest BCUT2D eigenvalue weighted by atomic mass is 16.5. The second kappa shape index (κ2) is 8.92. The number of fused-ring (bicyclic) bond motifs is 3. The van der Waals surface area contributed by atoms with Crippen molar-refractivity contribution in [3.8, 4) is 16.9 Å². The van der Waals surface area contributed by atoms with Crippen LogP contribution < -0.4 is 5.32 Å². The molecule has 1 atom stereocenters. The Kier molecular flexibility index (Phi) is 5.89. The number of rotatable bonds is 7. The largest absolute Gasteiger partial charge is 0.508 e. The van der Waals surface area contributed by atoms with Crippen LogP contribution in [0.5, 0.6) is 5.75 Å². The lowest BCUT2D eigenvalue weighted by atomic mass is 9.95. The fraction of sp³-hybridized carbons (Fsp3) is 0.200. The van der Waals surface area contributed by atoms with Crippen LogP contribution in [0.4, 0.5) is 4.79 Å². The fourth-order valence-electron chi connectivity index (χ4n) is 4.15. The molecule has 4 rings (SSSR count). The Balaban J connectivity index is 1.40. The number of hydrogen-bond acceptors (Lipinski definition) is 4. The molecule has 1 amide bonds. The van der Waals surface area contributed by atoms with Gasteiger partial charge in [-0.3, -0.25) is 4.79 Å². The smallest absolute Gasteiger partial charge is 0.407 e. The summed E-state index contributed by atoms with van der Waals surface area (Å²) >= 11 is 0. The van der Waals surface area contributed by atoms with Crippen molar-refractivity contribution in [1.82, 2.24) is 5.32 Å². The van der Waals surface area contributed by atoms with Gasteiger partial charge in [-0.05, 0) is 39.9 Å². The van der Waals surface area contributed by atoms with Crippen LogP contribution in [0, 0.1) is 0 Å². The van der Waals surface area contributed by atoms with Gasteiger partial charge in [-0.15, -0.1) is 0 Å². The minimum Gasteiger partial charge on any atom is -0.508 e. The van der Waals surface area contributed by atoms with E-state index in [1.165, 1.54) is 12.1 Å². The summed E-state index contributed by atoms with van der Waals surface area (Å²) in [6.45, 7) is 0.280. The molecule has 0 bridgehead atoms. The zero-order valence-corrected chi connectivity index (χ0v) is 16.8. The van der Waals surface area contributed by atoms with Crippen molar-refractivity contribution in [1.29, 1.82) is 0 Å². The Hall–Kier alpha value is -3.80. The zero-order valence-electron chi connectivity index (χ0n) is 16.8. The molecule has 1 aliphatic carbocycles. The third kappa shape index (κ3) is 4.53. The van der Waals surface area contributed by atoms with E-state index in [9.17, 15) is 19.8 Å². The molecular formula is C25H23NO5. The Morgan fingerprint density at radius 3 is 2.19 bits per heavy atom. The van der Waals surface area contributed by atoms with Crippen LogP contribution >= 0.6 is 0 Å². The van der Waals surface area contributed by atoms with Crippen LogP contribution in [-0.2, 0) is 9.53 Å². The number of hydrogen-bond donors (Lipinski definition) is 3. The molecule has 0 heterocycles. The van der Waals surface area contributed by atoms with E-state index in [2.05, 4.69) is 17.4 Å². The lowest BCUT2D eigenvalue weighted by Crippen LogP contribution is -2.31. The van der Waals surface area contributed by atoms with Crippen LogP contribution in [0.15, 0.2) is 72.8 Å². The van der Waals surface area contributed by atoms with Crippen molar-refractivity contribution < 1.29 is 24.5 Å². The van der Waals surface area contributed by atoms with E-state index in [-0.39, 0.29) is 31.2 Å². The van der Waals surface area contributed by atoms with Crippen LogP contribution in [0.3, 0.4) is 0 Å². The number of carbonyl (C=O) groups is 2. The normalized spacial score (nSPS) is 13.2. The number of phenols is 1. The monoisotopic (exact) mass is 417 g/mol. The highest BCUT2D eigenvalue weighted by Crippen LogP contribution is 2.44. The summed E-state index contributed by atoms with van der Waals surface area (Å²) in [7, 11) is 0. The predicted octanol–water partition coefficient (Wildman–Crippen LogP) is 4.49. The van der Waals surface area contributed by atoms with E-state index >= 15 is 0 Å².